The topological polar surface area (TPSA) is 70.9 Å². The summed E-state index contributed by atoms with van der Waals surface area (Å²) in [7, 11) is 0. The lowest BCUT2D eigenvalue weighted by Crippen LogP contribution is -2.24. The lowest BCUT2D eigenvalue weighted by molar-refractivity contribution is -0.123. The average molecular weight is 377 g/mol. The number of nitrogens with one attached hydrogen (secondary N) is 1. The first-order valence-corrected chi connectivity index (χ1v) is 7.75. The van der Waals surface area contributed by atoms with Crippen LogP contribution in [0.15, 0.2) is 46.0 Å². The van der Waals surface area contributed by atoms with Gasteiger partial charge in [-0.2, -0.15) is 5.10 Å². The quantitative estimate of drug-likeness (QED) is 0.621. The van der Waals surface area contributed by atoms with E-state index < -0.39 is 0 Å². The molecule has 5 nitrogen and oxygen atoms in total. The lowest BCUT2D eigenvalue weighted by Gasteiger charge is -2.08. The van der Waals surface area contributed by atoms with Gasteiger partial charge in [-0.05, 0) is 43.7 Å². The fourth-order valence-electron chi connectivity index (χ4n) is 1.94. The van der Waals surface area contributed by atoms with E-state index in [9.17, 15) is 9.90 Å². The monoisotopic (exact) mass is 376 g/mol. The second-order valence-electron chi connectivity index (χ2n) is 5.05. The van der Waals surface area contributed by atoms with Crippen molar-refractivity contribution in [2.24, 2.45) is 5.10 Å². The van der Waals surface area contributed by atoms with Crippen molar-refractivity contribution in [3.05, 3.63) is 57.6 Å². The van der Waals surface area contributed by atoms with Crippen molar-refractivity contribution in [3.8, 4) is 11.5 Å². The van der Waals surface area contributed by atoms with E-state index in [1.54, 1.807) is 12.1 Å². The van der Waals surface area contributed by atoms with Gasteiger partial charge in [0.1, 0.15) is 11.5 Å². The summed E-state index contributed by atoms with van der Waals surface area (Å²) < 4.78 is 6.26. The Kier molecular flexibility index (Phi) is 5.76. The molecule has 0 radical (unpaired) electrons. The molecule has 0 unspecified atom stereocenters. The Morgan fingerprint density at radius 2 is 2.09 bits per heavy atom. The lowest BCUT2D eigenvalue weighted by atomic mass is 10.1. The molecule has 120 valence electrons. The number of aromatic hydroxyl groups is 1. The van der Waals surface area contributed by atoms with Gasteiger partial charge in [0, 0.05) is 10.0 Å². The van der Waals surface area contributed by atoms with Crippen LogP contribution in [0.25, 0.3) is 0 Å². The van der Waals surface area contributed by atoms with Crippen LogP contribution in [-0.2, 0) is 4.79 Å². The van der Waals surface area contributed by atoms with Crippen molar-refractivity contribution in [2.45, 2.75) is 13.8 Å². The van der Waals surface area contributed by atoms with E-state index in [0.717, 1.165) is 15.6 Å². The fraction of sp³-hybridized carbons (Fsp3) is 0.176. The maximum atomic E-state index is 11.7. The molecule has 0 bridgehead atoms. The third kappa shape index (κ3) is 5.10. The van der Waals surface area contributed by atoms with E-state index in [1.165, 1.54) is 12.3 Å². The predicted molar refractivity (Wildman–Crippen MR) is 93.0 cm³/mol. The maximum Gasteiger partial charge on any atom is 0.277 e. The van der Waals surface area contributed by atoms with E-state index in [-0.39, 0.29) is 18.3 Å². The number of aryl methyl sites for hydroxylation is 2. The second kappa shape index (κ2) is 7.78. The normalized spacial score (nSPS) is 10.7. The van der Waals surface area contributed by atoms with E-state index >= 15 is 0 Å². The van der Waals surface area contributed by atoms with Crippen LogP contribution in [-0.4, -0.2) is 23.8 Å². The molecule has 2 aromatic carbocycles. The Labute approximate surface area is 143 Å². The first-order valence-electron chi connectivity index (χ1n) is 6.96. The number of hydrazone groups is 1. The van der Waals surface area contributed by atoms with Gasteiger partial charge in [-0.3, -0.25) is 4.79 Å². The molecular formula is C17H17BrN2O3. The molecule has 2 aromatic rings. The molecule has 0 spiro atoms. The molecule has 0 aromatic heterocycles. The molecule has 0 atom stereocenters. The van der Waals surface area contributed by atoms with Crippen molar-refractivity contribution in [2.75, 3.05) is 6.61 Å². The molecule has 0 aliphatic heterocycles. The van der Waals surface area contributed by atoms with Crippen LogP contribution in [0.5, 0.6) is 11.5 Å². The molecular weight excluding hydrogens is 360 g/mol. The van der Waals surface area contributed by atoms with Crippen LogP contribution < -0.4 is 10.2 Å². The zero-order valence-corrected chi connectivity index (χ0v) is 14.4. The van der Waals surface area contributed by atoms with E-state index in [2.05, 4.69) is 26.5 Å². The molecule has 0 aliphatic rings. The number of phenolic OH excluding ortho intramolecular Hbond substituents is 1. The first kappa shape index (κ1) is 17.0. The molecule has 6 heteroatoms. The third-order valence-electron chi connectivity index (χ3n) is 3.07. The Morgan fingerprint density at radius 1 is 1.30 bits per heavy atom. The highest BCUT2D eigenvalue weighted by Gasteiger charge is 2.04. The van der Waals surface area contributed by atoms with Gasteiger partial charge in [0.2, 0.25) is 0 Å². The van der Waals surface area contributed by atoms with Crippen LogP contribution in [0.4, 0.5) is 0 Å². The SMILES string of the molecule is Cc1ccc(OCC(=O)N/N=C/c2cc(Br)ccc2O)c(C)c1. The number of carbonyl (C=O) groups excluding carboxylic acids is 1. The summed E-state index contributed by atoms with van der Waals surface area (Å²) in [6.45, 7) is 3.79. The zero-order chi connectivity index (χ0) is 16.8. The molecule has 1 amide bonds. The third-order valence-corrected chi connectivity index (χ3v) is 3.56. The number of halogens is 1. The van der Waals surface area contributed by atoms with Gasteiger partial charge in [-0.1, -0.05) is 33.6 Å². The molecule has 2 rings (SSSR count). The summed E-state index contributed by atoms with van der Waals surface area (Å²) in [5.74, 6) is 0.368. The summed E-state index contributed by atoms with van der Waals surface area (Å²) in [5, 5.41) is 13.5. The highest BCUT2D eigenvalue weighted by molar-refractivity contribution is 9.10. The number of hydrogen-bond acceptors (Lipinski definition) is 4. The number of rotatable bonds is 5. The maximum absolute atomic E-state index is 11.7. The first-order chi connectivity index (χ1) is 11.0. The van der Waals surface area contributed by atoms with Gasteiger partial charge in [0.15, 0.2) is 6.61 Å². The smallest absolute Gasteiger partial charge is 0.277 e. The minimum Gasteiger partial charge on any atom is -0.507 e. The summed E-state index contributed by atoms with van der Waals surface area (Å²) in [5.41, 5.74) is 4.96. The number of phenols is 1. The summed E-state index contributed by atoms with van der Waals surface area (Å²) in [6, 6.07) is 10.7. The Hall–Kier alpha value is -2.34. The van der Waals surface area contributed by atoms with E-state index in [0.29, 0.717) is 11.3 Å². The van der Waals surface area contributed by atoms with Crippen LogP contribution in [0.3, 0.4) is 0 Å². The number of ether oxygens (including phenoxy) is 1. The van der Waals surface area contributed by atoms with Crippen molar-refractivity contribution in [1.29, 1.82) is 0 Å². The highest BCUT2D eigenvalue weighted by atomic mass is 79.9. The fourth-order valence-corrected chi connectivity index (χ4v) is 2.32. The number of benzene rings is 2. The zero-order valence-electron chi connectivity index (χ0n) is 12.8. The largest absolute Gasteiger partial charge is 0.507 e. The second-order valence-corrected chi connectivity index (χ2v) is 5.97. The van der Waals surface area contributed by atoms with Crippen molar-refractivity contribution >= 4 is 28.1 Å². The highest BCUT2D eigenvalue weighted by Crippen LogP contribution is 2.20. The summed E-state index contributed by atoms with van der Waals surface area (Å²) >= 11 is 3.30. The molecule has 0 aliphatic carbocycles. The van der Waals surface area contributed by atoms with Crippen molar-refractivity contribution in [1.82, 2.24) is 5.43 Å². The van der Waals surface area contributed by atoms with Crippen LogP contribution in [0.1, 0.15) is 16.7 Å². The van der Waals surface area contributed by atoms with Crippen molar-refractivity contribution in [3.63, 3.8) is 0 Å². The van der Waals surface area contributed by atoms with Crippen LogP contribution in [0.2, 0.25) is 0 Å². The van der Waals surface area contributed by atoms with E-state index in [4.69, 9.17) is 4.74 Å². The molecule has 0 saturated heterocycles. The standard InChI is InChI=1S/C17H17BrN2O3/c1-11-3-6-16(12(2)7-11)23-10-17(22)20-19-9-13-8-14(18)4-5-15(13)21/h3-9,21H,10H2,1-2H3,(H,20,22)/b19-9+. The van der Waals surface area contributed by atoms with Gasteiger partial charge in [-0.25, -0.2) is 5.43 Å². The molecule has 23 heavy (non-hydrogen) atoms. The van der Waals surface area contributed by atoms with Gasteiger partial charge in [0.25, 0.3) is 5.91 Å². The minimum atomic E-state index is -0.379. The Bertz CT molecular complexity index is 745. The predicted octanol–water partition coefficient (Wildman–Crippen LogP) is 3.30. The van der Waals surface area contributed by atoms with Gasteiger partial charge >= 0.3 is 0 Å². The number of carbonyl (C=O) groups is 1. The molecule has 0 heterocycles. The Balaban J connectivity index is 1.87. The van der Waals surface area contributed by atoms with Gasteiger partial charge in [0.05, 0.1) is 6.21 Å². The van der Waals surface area contributed by atoms with Crippen LogP contribution >= 0.6 is 15.9 Å². The average Bonchev–Trinajstić information content (AvgIpc) is 2.50. The number of nitrogens with zero attached hydrogens (tertiary/aromatic N) is 1. The summed E-state index contributed by atoms with van der Waals surface area (Å²) in [4.78, 5) is 11.7. The number of hydrogen-bond donors (Lipinski definition) is 2. The summed E-state index contributed by atoms with van der Waals surface area (Å²) in [6.07, 6.45) is 1.37. The molecule has 2 N–H and O–H groups in total. The van der Waals surface area contributed by atoms with Crippen molar-refractivity contribution < 1.29 is 14.6 Å². The Morgan fingerprint density at radius 3 is 2.83 bits per heavy atom. The van der Waals surface area contributed by atoms with Crippen LogP contribution in [0, 0.1) is 13.8 Å². The van der Waals surface area contributed by atoms with Gasteiger partial charge < -0.3 is 9.84 Å². The molecule has 0 saturated carbocycles. The number of amides is 1. The van der Waals surface area contributed by atoms with E-state index in [1.807, 2.05) is 32.0 Å². The molecule has 0 fully saturated rings. The minimum absolute atomic E-state index is 0.0812. The van der Waals surface area contributed by atoms with Gasteiger partial charge in [-0.15, -0.1) is 0 Å².